The molecule has 0 saturated carbocycles. The highest BCUT2D eigenvalue weighted by Gasteiger charge is 2.50. The normalized spacial score (nSPS) is 18.7. The molecule has 1 N–H and O–H groups in total. The van der Waals surface area contributed by atoms with Crippen LogP contribution in [0.2, 0.25) is 0 Å². The van der Waals surface area contributed by atoms with Crippen molar-refractivity contribution in [2.75, 3.05) is 24.5 Å². The fourth-order valence-electron chi connectivity index (χ4n) is 4.54. The number of anilines is 1. The van der Waals surface area contributed by atoms with Gasteiger partial charge in [0.15, 0.2) is 5.82 Å². The molecule has 5 rings (SSSR count). The molecule has 1 atom stereocenters. The van der Waals surface area contributed by atoms with Crippen LogP contribution in [0.4, 0.5) is 18.9 Å². The maximum absolute atomic E-state index is 12.9. The van der Waals surface area contributed by atoms with E-state index in [1.807, 2.05) is 17.2 Å². The summed E-state index contributed by atoms with van der Waals surface area (Å²) in [4.78, 5) is 39.0. The van der Waals surface area contributed by atoms with Gasteiger partial charge in [-0.05, 0) is 37.6 Å². The molecule has 9 nitrogen and oxygen atoms in total. The number of fused-ring (bicyclic) bond motifs is 4. The lowest BCUT2D eigenvalue weighted by Crippen LogP contribution is -2.52. The molecule has 2 aliphatic rings. The number of hydrogen-bond donors (Lipinski definition) is 1. The van der Waals surface area contributed by atoms with Gasteiger partial charge in [-0.3, -0.25) is 9.78 Å². The third-order valence-electron chi connectivity index (χ3n) is 5.90. The summed E-state index contributed by atoms with van der Waals surface area (Å²) >= 11 is 0. The van der Waals surface area contributed by atoms with Gasteiger partial charge in [0.1, 0.15) is 11.2 Å². The van der Waals surface area contributed by atoms with Gasteiger partial charge in [0, 0.05) is 44.4 Å². The van der Waals surface area contributed by atoms with Crippen LogP contribution in [0.15, 0.2) is 55.2 Å². The zero-order valence-electron chi connectivity index (χ0n) is 18.1. The molecule has 12 heteroatoms. The Hall–Kier alpha value is -3.96. The Morgan fingerprint density at radius 3 is 2.56 bits per heavy atom. The number of alkyl halides is 3. The third-order valence-corrected chi connectivity index (χ3v) is 5.90. The van der Waals surface area contributed by atoms with Gasteiger partial charge in [-0.2, -0.15) is 13.2 Å². The maximum atomic E-state index is 12.9. The molecular weight excluding hydrogens is 453 g/mol. The minimum Gasteiger partial charge on any atom is -0.475 e. The van der Waals surface area contributed by atoms with Crippen LogP contribution < -0.4 is 4.90 Å². The van der Waals surface area contributed by atoms with E-state index in [2.05, 4.69) is 55.7 Å². The predicted molar refractivity (Wildman–Crippen MR) is 115 cm³/mol. The number of nitrogens with zero attached hydrogens (tertiary/aromatic N) is 6. The summed E-state index contributed by atoms with van der Waals surface area (Å²) in [6, 6.07) is 8.29. The highest BCUT2D eigenvalue weighted by molar-refractivity contribution is 5.92. The molecule has 1 spiro atoms. The molecule has 0 bridgehead atoms. The standard InChI is InChI=1S/C20H20N6O.C2HF3O2/c1-2-26-16-5-3-8-23-18(16)25-11-4-6-17(25)20(26)7-12-24(14-20)19(27)15-13-21-9-10-22-15;3-2(4,5)1(6)7/h3-6,8-11,13H,2,7,12,14H2,1H3;(H,6,7). The highest BCUT2D eigenvalue weighted by Crippen LogP contribution is 2.46. The smallest absolute Gasteiger partial charge is 0.475 e. The summed E-state index contributed by atoms with van der Waals surface area (Å²) in [6.45, 7) is 4.31. The van der Waals surface area contributed by atoms with Gasteiger partial charge in [-0.25, -0.2) is 14.8 Å². The number of likely N-dealkylation sites (tertiary alicyclic amines) is 1. The first kappa shape index (κ1) is 23.2. The molecular formula is C22H21F3N6O3. The van der Waals surface area contributed by atoms with Crippen molar-refractivity contribution in [3.05, 3.63) is 66.6 Å². The number of carbonyl (C=O) groups is 2. The second kappa shape index (κ2) is 8.76. The number of aliphatic carboxylic acids is 1. The second-order valence-corrected chi connectivity index (χ2v) is 7.76. The molecule has 1 unspecified atom stereocenters. The largest absolute Gasteiger partial charge is 0.490 e. The van der Waals surface area contributed by atoms with Gasteiger partial charge < -0.3 is 19.5 Å². The summed E-state index contributed by atoms with van der Waals surface area (Å²) in [7, 11) is 0. The number of rotatable bonds is 2. The lowest BCUT2D eigenvalue weighted by Gasteiger charge is -2.46. The quantitative estimate of drug-likeness (QED) is 0.609. The summed E-state index contributed by atoms with van der Waals surface area (Å²) in [6.07, 6.45) is 4.35. The van der Waals surface area contributed by atoms with Crippen LogP contribution in [0.5, 0.6) is 0 Å². The van der Waals surface area contributed by atoms with E-state index in [1.165, 1.54) is 11.9 Å². The lowest BCUT2D eigenvalue weighted by atomic mass is 9.89. The first-order chi connectivity index (χ1) is 16.2. The van der Waals surface area contributed by atoms with E-state index < -0.39 is 12.1 Å². The first-order valence-corrected chi connectivity index (χ1v) is 10.5. The number of carboxylic acids is 1. The first-order valence-electron chi connectivity index (χ1n) is 10.5. The Morgan fingerprint density at radius 2 is 1.91 bits per heavy atom. The predicted octanol–water partition coefficient (Wildman–Crippen LogP) is 2.88. The van der Waals surface area contributed by atoms with E-state index >= 15 is 0 Å². The van der Waals surface area contributed by atoms with Crippen LogP contribution in [0.3, 0.4) is 0 Å². The third kappa shape index (κ3) is 3.95. The fraction of sp³-hybridized carbons (Fsp3) is 0.318. The Labute approximate surface area is 192 Å². The Kier molecular flexibility index (Phi) is 5.98. The van der Waals surface area contributed by atoms with Crippen LogP contribution in [-0.2, 0) is 10.3 Å². The van der Waals surface area contributed by atoms with Crippen LogP contribution in [0, 0.1) is 0 Å². The summed E-state index contributed by atoms with van der Waals surface area (Å²) < 4.78 is 33.9. The number of carbonyl (C=O) groups excluding carboxylic acids is 1. The number of pyridine rings is 1. The SMILES string of the molecule is CCN1c2cccnc2-n2cccc2C12CCN(C(=O)c1cnccn1)C2.O=C(O)C(F)(F)F. The molecule has 3 aromatic rings. The molecule has 0 aromatic carbocycles. The second-order valence-electron chi connectivity index (χ2n) is 7.76. The van der Waals surface area contributed by atoms with E-state index in [1.54, 1.807) is 12.4 Å². The molecule has 1 saturated heterocycles. The number of hydrogen-bond acceptors (Lipinski definition) is 6. The Morgan fingerprint density at radius 1 is 1.15 bits per heavy atom. The topological polar surface area (TPSA) is 104 Å². The van der Waals surface area contributed by atoms with E-state index in [-0.39, 0.29) is 11.4 Å². The summed E-state index contributed by atoms with van der Waals surface area (Å²) in [5.41, 5.74) is 2.43. The van der Waals surface area contributed by atoms with Crippen LogP contribution >= 0.6 is 0 Å². The van der Waals surface area contributed by atoms with Crippen LogP contribution in [0.25, 0.3) is 5.82 Å². The Balaban J connectivity index is 0.000000344. The molecule has 34 heavy (non-hydrogen) atoms. The molecule has 1 amide bonds. The van der Waals surface area contributed by atoms with E-state index in [9.17, 15) is 18.0 Å². The van der Waals surface area contributed by atoms with Gasteiger partial charge in [0.2, 0.25) is 0 Å². The van der Waals surface area contributed by atoms with Gasteiger partial charge >= 0.3 is 12.1 Å². The molecule has 1 fully saturated rings. The lowest BCUT2D eigenvalue weighted by molar-refractivity contribution is -0.192. The van der Waals surface area contributed by atoms with Gasteiger partial charge in [-0.15, -0.1) is 0 Å². The number of amides is 1. The average Bonchev–Trinajstić information content (AvgIpc) is 3.49. The van der Waals surface area contributed by atoms with Gasteiger partial charge in [0.05, 0.1) is 17.6 Å². The maximum Gasteiger partial charge on any atom is 0.490 e. The number of carboxylic acid groups (broad SMARTS) is 1. The molecule has 2 aliphatic heterocycles. The van der Waals surface area contributed by atoms with Crippen molar-refractivity contribution in [1.82, 2.24) is 24.4 Å². The van der Waals surface area contributed by atoms with E-state index in [4.69, 9.17) is 9.90 Å². The zero-order valence-corrected chi connectivity index (χ0v) is 18.1. The van der Waals surface area contributed by atoms with Crippen LogP contribution in [-0.4, -0.2) is 67.2 Å². The number of likely N-dealkylation sites (N-methyl/N-ethyl adjacent to an activating group) is 1. The van der Waals surface area contributed by atoms with E-state index in [0.29, 0.717) is 18.8 Å². The molecule has 3 aromatic heterocycles. The van der Waals surface area contributed by atoms with Crippen LogP contribution in [0.1, 0.15) is 29.5 Å². The van der Waals surface area contributed by atoms with Crippen molar-refractivity contribution >= 4 is 17.6 Å². The van der Waals surface area contributed by atoms with E-state index in [0.717, 1.165) is 24.5 Å². The zero-order chi connectivity index (χ0) is 24.5. The molecule has 0 radical (unpaired) electrons. The molecule has 0 aliphatic carbocycles. The minimum atomic E-state index is -5.08. The average molecular weight is 474 g/mol. The van der Waals surface area contributed by atoms with Crippen molar-refractivity contribution < 1.29 is 27.9 Å². The highest BCUT2D eigenvalue weighted by atomic mass is 19.4. The number of halogens is 3. The van der Waals surface area contributed by atoms with Crippen molar-refractivity contribution in [3.8, 4) is 5.82 Å². The van der Waals surface area contributed by atoms with Crippen molar-refractivity contribution in [3.63, 3.8) is 0 Å². The van der Waals surface area contributed by atoms with Gasteiger partial charge in [-0.1, -0.05) is 0 Å². The summed E-state index contributed by atoms with van der Waals surface area (Å²) in [5.74, 6) is -1.87. The van der Waals surface area contributed by atoms with Crippen molar-refractivity contribution in [1.29, 1.82) is 0 Å². The monoisotopic (exact) mass is 474 g/mol. The Bertz CT molecular complexity index is 1200. The van der Waals surface area contributed by atoms with Crippen molar-refractivity contribution in [2.45, 2.75) is 25.1 Å². The van der Waals surface area contributed by atoms with Crippen molar-refractivity contribution in [2.24, 2.45) is 0 Å². The fourth-order valence-corrected chi connectivity index (χ4v) is 4.54. The summed E-state index contributed by atoms with van der Waals surface area (Å²) in [5, 5.41) is 7.12. The van der Waals surface area contributed by atoms with Gasteiger partial charge in [0.25, 0.3) is 5.91 Å². The number of aromatic nitrogens is 4. The molecule has 5 heterocycles. The molecule has 178 valence electrons. The minimum absolute atomic E-state index is 0.0638.